The lowest BCUT2D eigenvalue weighted by molar-refractivity contribution is -0.126. The Bertz CT molecular complexity index is 415. The third kappa shape index (κ3) is 3.01. The van der Waals surface area contributed by atoms with E-state index in [1.165, 1.54) is 0 Å². The van der Waals surface area contributed by atoms with Gasteiger partial charge in [0.15, 0.2) is 0 Å². The minimum absolute atomic E-state index is 0.455. The summed E-state index contributed by atoms with van der Waals surface area (Å²) >= 11 is 0. The van der Waals surface area contributed by atoms with Crippen LogP contribution in [0.5, 0.6) is 0 Å². The molecule has 0 aliphatic heterocycles. The Labute approximate surface area is 103 Å². The number of aromatic nitrogens is 2. The number of aryl methyl sites for hydroxylation is 2. The highest BCUT2D eigenvalue weighted by molar-refractivity contribution is 5.27. The summed E-state index contributed by atoms with van der Waals surface area (Å²) in [6.07, 6.45) is -3.66. The monoisotopic (exact) mass is 267 g/mol. The van der Waals surface area contributed by atoms with Gasteiger partial charge in [0.25, 0.3) is 0 Å². The van der Waals surface area contributed by atoms with E-state index in [9.17, 15) is 17.6 Å². The standard InChI is InChI=1S/C11H17F4N3/c1-6(16-5-11(14,15)10(12)13)9-7(2)17-18(4)8(9)3/h6,10,16H,5H2,1-4H3. The van der Waals surface area contributed by atoms with Crippen LogP contribution in [0.3, 0.4) is 0 Å². The molecule has 18 heavy (non-hydrogen) atoms. The third-order valence-corrected chi connectivity index (χ3v) is 2.96. The zero-order chi connectivity index (χ0) is 14.1. The second-order valence-corrected chi connectivity index (χ2v) is 4.37. The van der Waals surface area contributed by atoms with Gasteiger partial charge in [0.05, 0.1) is 12.2 Å². The van der Waals surface area contributed by atoms with Gasteiger partial charge in [-0.15, -0.1) is 0 Å². The molecule has 0 saturated carbocycles. The lowest BCUT2D eigenvalue weighted by Crippen LogP contribution is -2.40. The van der Waals surface area contributed by atoms with Gasteiger partial charge in [0.2, 0.25) is 0 Å². The zero-order valence-corrected chi connectivity index (χ0v) is 10.8. The maximum Gasteiger partial charge on any atom is 0.319 e. The van der Waals surface area contributed by atoms with Crippen LogP contribution in [0.2, 0.25) is 0 Å². The van der Waals surface area contributed by atoms with E-state index in [2.05, 4.69) is 10.4 Å². The van der Waals surface area contributed by atoms with Crippen LogP contribution >= 0.6 is 0 Å². The Morgan fingerprint density at radius 1 is 1.33 bits per heavy atom. The summed E-state index contributed by atoms with van der Waals surface area (Å²) < 4.78 is 51.3. The third-order valence-electron chi connectivity index (χ3n) is 2.96. The molecule has 0 fully saturated rings. The van der Waals surface area contributed by atoms with E-state index in [4.69, 9.17) is 0 Å². The van der Waals surface area contributed by atoms with Gasteiger partial charge in [-0.2, -0.15) is 13.9 Å². The molecule has 1 heterocycles. The SMILES string of the molecule is Cc1nn(C)c(C)c1C(C)NCC(F)(F)C(F)F. The van der Waals surface area contributed by atoms with E-state index in [1.807, 2.05) is 0 Å². The van der Waals surface area contributed by atoms with Crippen LogP contribution in [0, 0.1) is 13.8 Å². The lowest BCUT2D eigenvalue weighted by Gasteiger charge is -2.20. The quantitative estimate of drug-likeness (QED) is 0.831. The minimum Gasteiger partial charge on any atom is -0.304 e. The Hall–Kier alpha value is -1.11. The van der Waals surface area contributed by atoms with Gasteiger partial charge in [-0.25, -0.2) is 8.78 Å². The van der Waals surface area contributed by atoms with E-state index >= 15 is 0 Å². The van der Waals surface area contributed by atoms with Crippen molar-refractivity contribution in [1.82, 2.24) is 15.1 Å². The molecule has 1 unspecified atom stereocenters. The Balaban J connectivity index is 2.75. The largest absolute Gasteiger partial charge is 0.319 e. The van der Waals surface area contributed by atoms with E-state index in [0.29, 0.717) is 5.69 Å². The predicted octanol–water partition coefficient (Wildman–Crippen LogP) is 2.59. The topological polar surface area (TPSA) is 29.9 Å². The fraction of sp³-hybridized carbons (Fsp3) is 0.727. The van der Waals surface area contributed by atoms with Crippen LogP contribution in [0.1, 0.15) is 29.9 Å². The summed E-state index contributed by atoms with van der Waals surface area (Å²) in [7, 11) is 1.74. The summed E-state index contributed by atoms with van der Waals surface area (Å²) in [6, 6.07) is -0.455. The molecule has 104 valence electrons. The highest BCUT2D eigenvalue weighted by Crippen LogP contribution is 2.25. The van der Waals surface area contributed by atoms with Gasteiger partial charge in [0.1, 0.15) is 0 Å². The van der Waals surface area contributed by atoms with Gasteiger partial charge in [0, 0.05) is 24.3 Å². The Morgan fingerprint density at radius 3 is 2.28 bits per heavy atom. The van der Waals surface area contributed by atoms with Gasteiger partial charge >= 0.3 is 12.3 Å². The number of alkyl halides is 4. The molecule has 3 nitrogen and oxygen atoms in total. The summed E-state index contributed by atoms with van der Waals surface area (Å²) in [5.74, 6) is -4.02. The van der Waals surface area contributed by atoms with E-state index in [0.717, 1.165) is 11.3 Å². The first-order chi connectivity index (χ1) is 8.16. The van der Waals surface area contributed by atoms with Gasteiger partial charge in [-0.1, -0.05) is 0 Å². The maximum absolute atomic E-state index is 12.8. The molecule has 1 rings (SSSR count). The van der Waals surface area contributed by atoms with E-state index in [1.54, 1.807) is 32.5 Å². The molecule has 0 bridgehead atoms. The second kappa shape index (κ2) is 5.26. The normalized spacial score (nSPS) is 14.3. The molecule has 0 aliphatic rings. The van der Waals surface area contributed by atoms with Crippen LogP contribution < -0.4 is 5.32 Å². The zero-order valence-electron chi connectivity index (χ0n) is 10.8. The molecule has 0 spiro atoms. The summed E-state index contributed by atoms with van der Waals surface area (Å²) in [5.41, 5.74) is 2.30. The highest BCUT2D eigenvalue weighted by Gasteiger charge is 2.40. The number of nitrogens with one attached hydrogen (secondary N) is 1. The van der Waals surface area contributed by atoms with Crippen molar-refractivity contribution in [2.75, 3.05) is 6.54 Å². The molecule has 1 atom stereocenters. The summed E-state index contributed by atoms with van der Waals surface area (Å²) in [5, 5.41) is 6.58. The van der Waals surface area contributed by atoms with Crippen molar-refractivity contribution in [1.29, 1.82) is 0 Å². The number of hydrogen-bond acceptors (Lipinski definition) is 2. The predicted molar refractivity (Wildman–Crippen MR) is 60.1 cm³/mol. The van der Waals surface area contributed by atoms with Crippen LogP contribution in [-0.2, 0) is 7.05 Å². The van der Waals surface area contributed by atoms with Crippen molar-refractivity contribution < 1.29 is 17.6 Å². The van der Waals surface area contributed by atoms with Crippen LogP contribution in [0.25, 0.3) is 0 Å². The van der Waals surface area contributed by atoms with Crippen molar-refractivity contribution in [3.05, 3.63) is 17.0 Å². The lowest BCUT2D eigenvalue weighted by atomic mass is 10.1. The minimum atomic E-state index is -4.02. The Kier molecular flexibility index (Phi) is 4.37. The highest BCUT2D eigenvalue weighted by atomic mass is 19.3. The van der Waals surface area contributed by atoms with Crippen LogP contribution in [0.4, 0.5) is 17.6 Å². The molecule has 0 aromatic carbocycles. The average Bonchev–Trinajstić information content (AvgIpc) is 2.50. The van der Waals surface area contributed by atoms with Crippen LogP contribution in [-0.4, -0.2) is 28.7 Å². The molecule has 0 radical (unpaired) electrons. The van der Waals surface area contributed by atoms with Crippen molar-refractivity contribution in [2.45, 2.75) is 39.2 Å². The Morgan fingerprint density at radius 2 is 1.89 bits per heavy atom. The molecule has 0 saturated heterocycles. The van der Waals surface area contributed by atoms with Gasteiger partial charge < -0.3 is 5.32 Å². The molecule has 0 aliphatic carbocycles. The number of nitrogens with zero attached hydrogens (tertiary/aromatic N) is 2. The molecular weight excluding hydrogens is 250 g/mol. The fourth-order valence-electron chi connectivity index (χ4n) is 1.89. The molecule has 7 heteroatoms. The van der Waals surface area contributed by atoms with Gasteiger partial charge in [-0.3, -0.25) is 4.68 Å². The van der Waals surface area contributed by atoms with E-state index < -0.39 is 24.9 Å². The van der Waals surface area contributed by atoms with Crippen LogP contribution in [0.15, 0.2) is 0 Å². The number of rotatable bonds is 5. The first-order valence-electron chi connectivity index (χ1n) is 5.56. The van der Waals surface area contributed by atoms with Crippen molar-refractivity contribution in [3.63, 3.8) is 0 Å². The summed E-state index contributed by atoms with van der Waals surface area (Å²) in [6.45, 7) is 4.16. The average molecular weight is 267 g/mol. The van der Waals surface area contributed by atoms with Crippen molar-refractivity contribution in [3.8, 4) is 0 Å². The molecule has 0 amide bonds. The maximum atomic E-state index is 12.8. The molecular formula is C11H17F4N3. The molecule has 1 N–H and O–H groups in total. The van der Waals surface area contributed by atoms with Gasteiger partial charge in [-0.05, 0) is 20.8 Å². The summed E-state index contributed by atoms with van der Waals surface area (Å²) in [4.78, 5) is 0. The smallest absolute Gasteiger partial charge is 0.304 e. The second-order valence-electron chi connectivity index (χ2n) is 4.37. The van der Waals surface area contributed by atoms with Crippen molar-refractivity contribution in [2.24, 2.45) is 7.05 Å². The van der Waals surface area contributed by atoms with Crippen molar-refractivity contribution >= 4 is 0 Å². The number of halogens is 4. The molecule has 1 aromatic heterocycles. The first-order valence-corrected chi connectivity index (χ1v) is 5.56. The van der Waals surface area contributed by atoms with E-state index in [-0.39, 0.29) is 0 Å². The fourth-order valence-corrected chi connectivity index (χ4v) is 1.89. The molecule has 1 aromatic rings. The first kappa shape index (κ1) is 14.9. The number of hydrogen-bond donors (Lipinski definition) is 1.